The van der Waals surface area contributed by atoms with Gasteiger partial charge in [-0.15, -0.1) is 0 Å². The quantitative estimate of drug-likeness (QED) is 0.126. The van der Waals surface area contributed by atoms with Crippen molar-refractivity contribution in [1.82, 2.24) is 0 Å². The zero-order valence-electron chi connectivity index (χ0n) is 16.9. The van der Waals surface area contributed by atoms with E-state index in [1.165, 1.54) is 18.6 Å². The molecule has 1 N–H and O–H groups in total. The van der Waals surface area contributed by atoms with Crippen molar-refractivity contribution >= 4 is 83.9 Å². The number of hydrogen-bond donors (Lipinski definition) is 1. The summed E-state index contributed by atoms with van der Waals surface area (Å²) in [6.45, 7) is 0. The summed E-state index contributed by atoms with van der Waals surface area (Å²) in [5.41, 5.74) is 0.897. The molecule has 170 valence electrons. The number of ether oxygens (including phenoxy) is 1. The molecule has 0 atom stereocenters. The van der Waals surface area contributed by atoms with Gasteiger partial charge in [0.1, 0.15) is 5.75 Å². The second kappa shape index (κ2) is 8.90. The number of hydrogen-bond acceptors (Lipinski definition) is 4. The molecule has 0 saturated heterocycles. The van der Waals surface area contributed by atoms with Gasteiger partial charge in [-0.1, -0.05) is 0 Å². The fourth-order valence-corrected chi connectivity index (χ4v) is 9.32. The van der Waals surface area contributed by atoms with Gasteiger partial charge in [-0.25, -0.2) is 4.79 Å². The summed E-state index contributed by atoms with van der Waals surface area (Å²) in [6.07, 6.45) is 5.73. The van der Waals surface area contributed by atoms with Crippen LogP contribution in [0.25, 0.3) is 0 Å². The van der Waals surface area contributed by atoms with Crippen LogP contribution in [0, 0.1) is 34.4 Å². The van der Waals surface area contributed by atoms with Crippen molar-refractivity contribution in [3.63, 3.8) is 0 Å². The Hall–Kier alpha value is 0.01000. The number of rotatable bonds is 4. The first kappa shape index (κ1) is 23.7. The van der Waals surface area contributed by atoms with Crippen molar-refractivity contribution < 1.29 is 22.5 Å². The van der Waals surface area contributed by atoms with Crippen LogP contribution in [-0.2, 0) is 10.1 Å². The van der Waals surface area contributed by atoms with Crippen LogP contribution in [0.5, 0.6) is 5.75 Å². The van der Waals surface area contributed by atoms with Crippen molar-refractivity contribution in [3.05, 3.63) is 52.2 Å². The third-order valence-electron chi connectivity index (χ3n) is 7.27. The molecular formula is C23H21I3O5S. The summed E-state index contributed by atoms with van der Waals surface area (Å²) >= 11 is 6.55. The molecule has 4 aliphatic rings. The van der Waals surface area contributed by atoms with Crippen molar-refractivity contribution in [2.75, 3.05) is 0 Å². The molecule has 4 bridgehead atoms. The number of carbonyl (C=O) groups excluding carboxylic acids is 1. The number of benzene rings is 2. The summed E-state index contributed by atoms with van der Waals surface area (Å²) in [5, 5.41) is 0. The first-order chi connectivity index (χ1) is 15.1. The molecular weight excluding hydrogens is 769 g/mol. The van der Waals surface area contributed by atoms with E-state index in [1.807, 2.05) is 12.1 Å². The molecule has 0 amide bonds. The molecule has 4 aliphatic carbocycles. The number of esters is 1. The second-order valence-electron chi connectivity index (χ2n) is 9.27. The SMILES string of the molecule is O=C(Oc1cc(I)cc(I)c1I)c1ccc(S(=O)(=O)O)c(C2C3CC4CC(C3)CC2C4)c1. The number of carbonyl (C=O) groups is 1. The molecule has 2 aromatic carbocycles. The molecule has 6 rings (SSSR count). The van der Waals surface area contributed by atoms with Gasteiger partial charge in [0.25, 0.3) is 10.1 Å². The highest BCUT2D eigenvalue weighted by Gasteiger charge is 2.49. The zero-order chi connectivity index (χ0) is 22.8. The lowest BCUT2D eigenvalue weighted by Gasteiger charge is -2.54. The van der Waals surface area contributed by atoms with Crippen LogP contribution < -0.4 is 4.74 Å². The number of halogens is 3. The summed E-state index contributed by atoms with van der Waals surface area (Å²) in [6, 6.07) is 8.29. The lowest BCUT2D eigenvalue weighted by molar-refractivity contribution is -0.00372. The van der Waals surface area contributed by atoms with Crippen LogP contribution in [-0.4, -0.2) is 18.9 Å². The van der Waals surface area contributed by atoms with E-state index in [-0.39, 0.29) is 10.8 Å². The lowest BCUT2D eigenvalue weighted by atomic mass is 9.50. The predicted octanol–water partition coefficient (Wildman–Crippen LogP) is 6.51. The maximum Gasteiger partial charge on any atom is 0.343 e. The Balaban J connectivity index is 1.52. The Morgan fingerprint density at radius 3 is 2.16 bits per heavy atom. The van der Waals surface area contributed by atoms with Gasteiger partial charge in [0.05, 0.1) is 14.0 Å². The van der Waals surface area contributed by atoms with E-state index >= 15 is 0 Å². The molecule has 0 heterocycles. The third-order valence-corrected chi connectivity index (χ3v) is 11.8. The van der Waals surface area contributed by atoms with Gasteiger partial charge in [0.15, 0.2) is 0 Å². The molecule has 0 unspecified atom stereocenters. The van der Waals surface area contributed by atoms with E-state index in [4.69, 9.17) is 4.74 Å². The van der Waals surface area contributed by atoms with Crippen LogP contribution in [0.3, 0.4) is 0 Å². The van der Waals surface area contributed by atoms with E-state index in [2.05, 4.69) is 67.8 Å². The molecule has 9 heteroatoms. The van der Waals surface area contributed by atoms with Crippen molar-refractivity contribution in [2.24, 2.45) is 23.7 Å². The van der Waals surface area contributed by atoms with E-state index in [1.54, 1.807) is 6.07 Å². The Kier molecular flexibility index (Phi) is 6.60. The van der Waals surface area contributed by atoms with Gasteiger partial charge >= 0.3 is 5.97 Å². The minimum Gasteiger partial charge on any atom is -0.422 e. The van der Waals surface area contributed by atoms with Gasteiger partial charge in [-0.05, 0) is 165 Å². The summed E-state index contributed by atoms with van der Waals surface area (Å²) in [4.78, 5) is 13.0. The Bertz CT molecular complexity index is 1180. The van der Waals surface area contributed by atoms with E-state index in [9.17, 15) is 17.8 Å². The summed E-state index contributed by atoms with van der Waals surface area (Å²) in [5.74, 6) is 2.33. The molecule has 0 aromatic heterocycles. The van der Waals surface area contributed by atoms with Gasteiger partial charge in [-0.2, -0.15) is 8.42 Å². The first-order valence-electron chi connectivity index (χ1n) is 10.6. The van der Waals surface area contributed by atoms with Gasteiger partial charge < -0.3 is 4.74 Å². The largest absolute Gasteiger partial charge is 0.422 e. The van der Waals surface area contributed by atoms with E-state index in [0.29, 0.717) is 28.7 Å². The highest BCUT2D eigenvalue weighted by molar-refractivity contribution is 14.1. The molecule has 32 heavy (non-hydrogen) atoms. The minimum absolute atomic E-state index is 0.0613. The van der Waals surface area contributed by atoms with Gasteiger partial charge in [0.2, 0.25) is 0 Å². The van der Waals surface area contributed by atoms with E-state index in [0.717, 1.165) is 48.2 Å². The Morgan fingerprint density at radius 2 is 1.56 bits per heavy atom. The summed E-state index contributed by atoms with van der Waals surface area (Å²) in [7, 11) is -4.39. The Labute approximate surface area is 228 Å². The minimum atomic E-state index is -4.39. The highest BCUT2D eigenvalue weighted by Crippen LogP contribution is 2.60. The molecule has 0 radical (unpaired) electrons. The molecule has 5 nitrogen and oxygen atoms in total. The highest BCUT2D eigenvalue weighted by atomic mass is 127. The average molecular weight is 790 g/mol. The van der Waals surface area contributed by atoms with Gasteiger partial charge in [0, 0.05) is 7.14 Å². The first-order valence-corrected chi connectivity index (χ1v) is 15.3. The molecule has 4 fully saturated rings. The van der Waals surface area contributed by atoms with Crippen molar-refractivity contribution in [2.45, 2.75) is 42.9 Å². The molecule has 0 spiro atoms. The molecule has 0 aliphatic heterocycles. The van der Waals surface area contributed by atoms with Crippen molar-refractivity contribution in [3.8, 4) is 5.75 Å². The molecule has 2 aromatic rings. The molecule has 4 saturated carbocycles. The second-order valence-corrected chi connectivity index (χ2v) is 14.1. The summed E-state index contributed by atoms with van der Waals surface area (Å²) < 4.78 is 42.9. The fourth-order valence-electron chi connectivity index (χ4n) is 6.37. The zero-order valence-corrected chi connectivity index (χ0v) is 24.2. The fraction of sp³-hybridized carbons (Fsp3) is 0.435. The maximum absolute atomic E-state index is 13.0. The third kappa shape index (κ3) is 4.49. The van der Waals surface area contributed by atoms with Crippen LogP contribution in [0.4, 0.5) is 0 Å². The van der Waals surface area contributed by atoms with Crippen LogP contribution >= 0.6 is 67.8 Å². The van der Waals surface area contributed by atoms with Gasteiger partial charge in [-0.3, -0.25) is 4.55 Å². The maximum atomic E-state index is 13.0. The smallest absolute Gasteiger partial charge is 0.343 e. The topological polar surface area (TPSA) is 80.7 Å². The van der Waals surface area contributed by atoms with E-state index < -0.39 is 16.1 Å². The van der Waals surface area contributed by atoms with Crippen LogP contribution in [0.1, 0.15) is 53.9 Å². The standard InChI is InChI=1S/C23H21I3O5S/c24-16-9-18(25)22(26)19(10-16)31-23(27)13-1-2-20(32(28,29)30)17(8-13)21-14-4-11-3-12(6-14)7-15(21)5-11/h1-2,8-12,14-15,21H,3-7H2,(H,28,29,30). The van der Waals surface area contributed by atoms with Crippen molar-refractivity contribution in [1.29, 1.82) is 0 Å². The van der Waals surface area contributed by atoms with Crippen LogP contribution in [0.15, 0.2) is 35.2 Å². The lowest BCUT2D eigenvalue weighted by Crippen LogP contribution is -2.44. The predicted molar refractivity (Wildman–Crippen MR) is 146 cm³/mol. The van der Waals surface area contributed by atoms with Crippen LogP contribution in [0.2, 0.25) is 0 Å². The monoisotopic (exact) mass is 790 g/mol. The normalized spacial score (nSPS) is 28.7. The Morgan fingerprint density at radius 1 is 0.938 bits per heavy atom. The average Bonchev–Trinajstić information content (AvgIpc) is 2.70.